The highest BCUT2D eigenvalue weighted by Gasteiger charge is 2.10. The second-order valence-corrected chi connectivity index (χ2v) is 4.52. The Hall–Kier alpha value is -1.29. The first-order chi connectivity index (χ1) is 6.01. The molecule has 0 bridgehead atoms. The molecule has 0 saturated heterocycles. The molecule has 0 aliphatic heterocycles. The van der Waals surface area contributed by atoms with E-state index in [0.717, 1.165) is 12.1 Å². The van der Waals surface area contributed by atoms with E-state index in [-0.39, 0.29) is 0 Å². The van der Waals surface area contributed by atoms with Crippen LogP contribution in [0, 0.1) is 12.0 Å². The summed E-state index contributed by atoms with van der Waals surface area (Å²) in [6, 6.07) is 7.85. The molecule has 0 fully saturated rings. The van der Waals surface area contributed by atoms with Crippen molar-refractivity contribution in [1.82, 2.24) is 0 Å². The molecule has 1 aromatic carbocycles. The molecule has 1 aromatic rings. The van der Waals surface area contributed by atoms with Crippen LogP contribution in [0.25, 0.3) is 4.85 Å². The van der Waals surface area contributed by atoms with E-state index in [4.69, 9.17) is 6.57 Å². The molecule has 1 nitrogen and oxygen atoms in total. The third kappa shape index (κ3) is 3.29. The van der Waals surface area contributed by atoms with Crippen molar-refractivity contribution >= 4 is 5.69 Å². The summed E-state index contributed by atoms with van der Waals surface area (Å²) in [6.07, 6.45) is 1.02. The molecule has 0 atom stereocenters. The largest absolute Gasteiger partial charge is 0.238 e. The molecular weight excluding hydrogens is 158 g/mol. The second-order valence-electron chi connectivity index (χ2n) is 4.52. The molecule has 1 heteroatoms. The average molecular weight is 173 g/mol. The van der Waals surface area contributed by atoms with Crippen LogP contribution >= 0.6 is 0 Å². The standard InChI is InChI=1S/C12H15N/c1-12(2,3)9-10-6-5-7-11(8-10)13-4/h5-8H,9H2,1-3H3. The summed E-state index contributed by atoms with van der Waals surface area (Å²) >= 11 is 0. The lowest BCUT2D eigenvalue weighted by molar-refractivity contribution is 0.411. The van der Waals surface area contributed by atoms with E-state index >= 15 is 0 Å². The SMILES string of the molecule is [C-]#[N+]c1cccc(CC(C)(C)C)c1. The molecule has 0 aliphatic carbocycles. The molecule has 0 amide bonds. The van der Waals surface area contributed by atoms with E-state index in [2.05, 4.69) is 31.7 Å². The van der Waals surface area contributed by atoms with Gasteiger partial charge in [-0.3, -0.25) is 0 Å². The molecule has 0 unspecified atom stereocenters. The van der Waals surface area contributed by atoms with Gasteiger partial charge in [0.05, 0.1) is 6.57 Å². The van der Waals surface area contributed by atoms with Crippen molar-refractivity contribution in [3.63, 3.8) is 0 Å². The summed E-state index contributed by atoms with van der Waals surface area (Å²) in [4.78, 5) is 3.41. The fraction of sp³-hybridized carbons (Fsp3) is 0.417. The zero-order chi connectivity index (χ0) is 9.90. The Kier molecular flexibility index (Phi) is 2.72. The van der Waals surface area contributed by atoms with Crippen molar-refractivity contribution in [3.05, 3.63) is 41.2 Å². The Morgan fingerprint density at radius 1 is 1.31 bits per heavy atom. The van der Waals surface area contributed by atoms with E-state index in [9.17, 15) is 0 Å². The van der Waals surface area contributed by atoms with Crippen molar-refractivity contribution < 1.29 is 0 Å². The number of hydrogen-bond donors (Lipinski definition) is 0. The molecule has 0 aliphatic rings. The van der Waals surface area contributed by atoms with Gasteiger partial charge in [-0.05, 0) is 11.8 Å². The predicted molar refractivity (Wildman–Crippen MR) is 55.9 cm³/mol. The monoisotopic (exact) mass is 173 g/mol. The maximum atomic E-state index is 6.90. The van der Waals surface area contributed by atoms with E-state index in [1.165, 1.54) is 5.56 Å². The van der Waals surface area contributed by atoms with Gasteiger partial charge in [0, 0.05) is 0 Å². The normalized spacial score (nSPS) is 10.9. The van der Waals surface area contributed by atoms with Gasteiger partial charge in [-0.15, -0.1) is 0 Å². The first kappa shape index (κ1) is 9.80. The second kappa shape index (κ2) is 3.62. The van der Waals surface area contributed by atoms with Gasteiger partial charge < -0.3 is 0 Å². The van der Waals surface area contributed by atoms with Gasteiger partial charge in [0.25, 0.3) is 0 Å². The predicted octanol–water partition coefficient (Wildman–Crippen LogP) is 3.83. The highest BCUT2D eigenvalue weighted by atomic mass is 14.6. The van der Waals surface area contributed by atoms with E-state index < -0.39 is 0 Å². The first-order valence-electron chi connectivity index (χ1n) is 4.48. The van der Waals surface area contributed by atoms with Crippen LogP contribution in [0.15, 0.2) is 24.3 Å². The Balaban J connectivity index is 2.86. The number of benzene rings is 1. The maximum absolute atomic E-state index is 6.90. The summed E-state index contributed by atoms with van der Waals surface area (Å²) in [5, 5.41) is 0. The quantitative estimate of drug-likeness (QED) is 0.568. The highest BCUT2D eigenvalue weighted by Crippen LogP contribution is 2.23. The van der Waals surface area contributed by atoms with Crippen molar-refractivity contribution in [2.45, 2.75) is 27.2 Å². The lowest BCUT2D eigenvalue weighted by atomic mass is 9.88. The molecule has 0 radical (unpaired) electrons. The van der Waals surface area contributed by atoms with Gasteiger partial charge in [0.2, 0.25) is 0 Å². The summed E-state index contributed by atoms with van der Waals surface area (Å²) in [6.45, 7) is 13.5. The molecule has 0 N–H and O–H groups in total. The lowest BCUT2D eigenvalue weighted by Crippen LogP contribution is -2.08. The van der Waals surface area contributed by atoms with Gasteiger partial charge in [0.1, 0.15) is 0 Å². The van der Waals surface area contributed by atoms with Crippen LogP contribution in [-0.2, 0) is 6.42 Å². The van der Waals surface area contributed by atoms with Gasteiger partial charge >= 0.3 is 0 Å². The lowest BCUT2D eigenvalue weighted by Gasteiger charge is -2.18. The van der Waals surface area contributed by atoms with Crippen LogP contribution < -0.4 is 0 Å². The van der Waals surface area contributed by atoms with Crippen LogP contribution in [-0.4, -0.2) is 0 Å². The van der Waals surface area contributed by atoms with Crippen LogP contribution in [0.1, 0.15) is 26.3 Å². The smallest absolute Gasteiger partial charge is 0.187 e. The van der Waals surface area contributed by atoms with Gasteiger partial charge in [-0.2, -0.15) is 0 Å². The molecule has 1 rings (SSSR count). The fourth-order valence-electron chi connectivity index (χ4n) is 1.35. The minimum absolute atomic E-state index is 0.292. The van der Waals surface area contributed by atoms with E-state index in [1.54, 1.807) is 0 Å². The summed E-state index contributed by atoms with van der Waals surface area (Å²) < 4.78 is 0. The van der Waals surface area contributed by atoms with Crippen LogP contribution in [0.3, 0.4) is 0 Å². The Morgan fingerprint density at radius 3 is 2.54 bits per heavy atom. The third-order valence-corrected chi connectivity index (χ3v) is 1.77. The van der Waals surface area contributed by atoms with Crippen LogP contribution in [0.5, 0.6) is 0 Å². The fourth-order valence-corrected chi connectivity index (χ4v) is 1.35. The highest BCUT2D eigenvalue weighted by molar-refractivity contribution is 5.46. The molecular formula is C12H15N. The first-order valence-corrected chi connectivity index (χ1v) is 4.48. The molecule has 0 aromatic heterocycles. The summed E-state index contributed by atoms with van der Waals surface area (Å²) in [5.74, 6) is 0. The minimum Gasteiger partial charge on any atom is -0.238 e. The zero-order valence-electron chi connectivity index (χ0n) is 8.46. The zero-order valence-corrected chi connectivity index (χ0v) is 8.46. The number of hydrogen-bond acceptors (Lipinski definition) is 0. The number of nitrogens with zero attached hydrogens (tertiary/aromatic N) is 1. The summed E-state index contributed by atoms with van der Waals surface area (Å²) in [5.41, 5.74) is 2.28. The topological polar surface area (TPSA) is 4.36 Å². The molecule has 0 spiro atoms. The van der Waals surface area contributed by atoms with Crippen LogP contribution in [0.2, 0.25) is 0 Å². The minimum atomic E-state index is 0.292. The van der Waals surface area contributed by atoms with Gasteiger partial charge in [-0.25, -0.2) is 4.85 Å². The Labute approximate surface area is 80.2 Å². The number of rotatable bonds is 1. The van der Waals surface area contributed by atoms with Crippen molar-refractivity contribution in [1.29, 1.82) is 0 Å². The van der Waals surface area contributed by atoms with Gasteiger partial charge in [0.15, 0.2) is 5.69 Å². The maximum Gasteiger partial charge on any atom is 0.187 e. The van der Waals surface area contributed by atoms with Crippen molar-refractivity contribution in [2.24, 2.45) is 5.41 Å². The Morgan fingerprint density at radius 2 is 2.00 bits per heavy atom. The third-order valence-electron chi connectivity index (χ3n) is 1.77. The summed E-state index contributed by atoms with van der Waals surface area (Å²) in [7, 11) is 0. The Bertz CT molecular complexity index is 326. The van der Waals surface area contributed by atoms with Crippen molar-refractivity contribution in [2.75, 3.05) is 0 Å². The van der Waals surface area contributed by atoms with E-state index in [0.29, 0.717) is 5.41 Å². The van der Waals surface area contributed by atoms with Crippen LogP contribution in [0.4, 0.5) is 5.69 Å². The molecule has 68 valence electrons. The molecule has 0 saturated carbocycles. The van der Waals surface area contributed by atoms with E-state index in [1.807, 2.05) is 18.2 Å². The van der Waals surface area contributed by atoms with Gasteiger partial charge in [-0.1, -0.05) is 50.6 Å². The van der Waals surface area contributed by atoms with Crippen molar-refractivity contribution in [3.8, 4) is 0 Å². The average Bonchev–Trinajstić information content (AvgIpc) is 2.01. The molecule has 13 heavy (non-hydrogen) atoms. The molecule has 0 heterocycles.